The second-order valence-electron chi connectivity index (χ2n) is 8.78. The molecule has 2 N–H and O–H groups in total. The number of hydrogen-bond acceptors (Lipinski definition) is 7. The number of carbonyl (C=O) groups is 1. The average molecular weight is 500 g/mol. The maximum atomic E-state index is 12.1. The van der Waals surface area contributed by atoms with E-state index in [0.29, 0.717) is 6.54 Å². The largest absolute Gasteiger partial charge is 0.497 e. The molecule has 1 aliphatic rings. The van der Waals surface area contributed by atoms with Crippen LogP contribution in [-0.2, 0) is 4.79 Å². The lowest BCUT2D eigenvalue weighted by Crippen LogP contribution is -2.44. The summed E-state index contributed by atoms with van der Waals surface area (Å²) in [6, 6.07) is 12.4. The van der Waals surface area contributed by atoms with Gasteiger partial charge in [-0.3, -0.25) is 9.78 Å². The fourth-order valence-electron chi connectivity index (χ4n) is 4.93. The first-order valence-electron chi connectivity index (χ1n) is 11.8. The van der Waals surface area contributed by atoms with Gasteiger partial charge in [-0.15, -0.1) is 23.1 Å². The zero-order valence-corrected chi connectivity index (χ0v) is 21.4. The molecule has 3 atom stereocenters. The number of aromatic nitrogens is 1. The van der Waals surface area contributed by atoms with Crippen LogP contribution in [0.15, 0.2) is 52.2 Å². The minimum absolute atomic E-state index is 0.132. The molecule has 4 rings (SSSR count). The number of likely N-dealkylation sites (tertiary alicyclic amines) is 1. The minimum atomic E-state index is -0.666. The summed E-state index contributed by atoms with van der Waals surface area (Å²) in [7, 11) is 3.64. The Hall–Kier alpha value is -2.13. The second-order valence-corrected chi connectivity index (χ2v) is 11.1. The molecule has 6 nitrogen and oxygen atoms in total. The van der Waals surface area contributed by atoms with Gasteiger partial charge < -0.3 is 20.1 Å². The molecular weight excluding hydrogens is 466 g/mol. The highest BCUT2D eigenvalue weighted by Gasteiger charge is 2.34. The van der Waals surface area contributed by atoms with Crippen molar-refractivity contribution < 1.29 is 14.6 Å². The molecule has 1 aliphatic heterocycles. The predicted molar refractivity (Wildman–Crippen MR) is 140 cm³/mol. The van der Waals surface area contributed by atoms with Crippen molar-refractivity contribution >= 4 is 40.0 Å². The lowest BCUT2D eigenvalue weighted by molar-refractivity contribution is -0.146. The predicted octanol–water partition coefficient (Wildman–Crippen LogP) is 5.16. The third-order valence-electron chi connectivity index (χ3n) is 6.84. The molecule has 182 valence electrons. The van der Waals surface area contributed by atoms with Crippen LogP contribution in [-0.4, -0.2) is 60.5 Å². The van der Waals surface area contributed by atoms with Gasteiger partial charge in [-0.2, -0.15) is 0 Å². The monoisotopic (exact) mass is 499 g/mol. The van der Waals surface area contributed by atoms with Crippen LogP contribution in [0.1, 0.15) is 30.9 Å². The van der Waals surface area contributed by atoms with Crippen LogP contribution in [0, 0.1) is 11.8 Å². The summed E-state index contributed by atoms with van der Waals surface area (Å²) in [5, 5.41) is 16.6. The quantitative estimate of drug-likeness (QED) is 0.353. The van der Waals surface area contributed by atoms with Crippen LogP contribution < -0.4 is 10.1 Å². The van der Waals surface area contributed by atoms with Gasteiger partial charge in [0.25, 0.3) is 0 Å². The molecule has 1 fully saturated rings. The molecule has 0 amide bonds. The highest BCUT2D eigenvalue weighted by Crippen LogP contribution is 2.34. The van der Waals surface area contributed by atoms with Gasteiger partial charge in [0.05, 0.1) is 22.8 Å². The molecule has 1 saturated heterocycles. The molecule has 0 bridgehead atoms. The highest BCUT2D eigenvalue weighted by atomic mass is 32.2. The Labute approximate surface area is 209 Å². The molecule has 0 unspecified atom stereocenters. The number of thioether (sulfide) groups is 1. The maximum Gasteiger partial charge on any atom is 0.308 e. The Balaban J connectivity index is 1.38. The number of hydrogen-bond donors (Lipinski definition) is 2. The maximum absolute atomic E-state index is 12.1. The fourth-order valence-corrected chi connectivity index (χ4v) is 6.79. The highest BCUT2D eigenvalue weighted by molar-refractivity contribution is 8.01. The second kappa shape index (κ2) is 12.0. The molecule has 0 radical (unpaired) electrons. The Morgan fingerprint density at radius 3 is 3.00 bits per heavy atom. The van der Waals surface area contributed by atoms with Crippen LogP contribution in [0.4, 0.5) is 0 Å². The molecule has 0 saturated carbocycles. The number of ether oxygens (including phenoxy) is 1. The first-order valence-corrected chi connectivity index (χ1v) is 13.7. The zero-order chi connectivity index (χ0) is 23.9. The van der Waals surface area contributed by atoms with E-state index in [1.54, 1.807) is 18.4 Å². The standard InChI is InChI=1S/C26H33N3O3S2/c1-27-23(20-9-11-28-24-8-6-19(32-2)16-21(20)24)7-5-18-10-12-29(17-22(18)26(30)31)13-15-34-25-4-3-14-33-25/h3-4,6,8-9,11,14,16,18,22-23,27H,5,7,10,12-13,15,17H2,1-2H3,(H,30,31)/t18-,22+,23+/m1/s1. The summed E-state index contributed by atoms with van der Waals surface area (Å²) < 4.78 is 6.75. The topological polar surface area (TPSA) is 74.7 Å². The molecular formula is C26H33N3O3S2. The summed E-state index contributed by atoms with van der Waals surface area (Å²) in [6.07, 6.45) is 4.55. The van der Waals surface area contributed by atoms with Crippen LogP contribution in [0.3, 0.4) is 0 Å². The molecule has 1 aromatic carbocycles. The summed E-state index contributed by atoms with van der Waals surface area (Å²) in [5.74, 6) is 1.02. The zero-order valence-electron chi connectivity index (χ0n) is 19.8. The number of carboxylic acids is 1. The van der Waals surface area contributed by atoms with Gasteiger partial charge in [0, 0.05) is 36.5 Å². The number of nitrogens with zero attached hydrogens (tertiary/aromatic N) is 2. The van der Waals surface area contributed by atoms with E-state index in [9.17, 15) is 9.90 Å². The Bertz CT molecular complexity index is 1080. The van der Waals surface area contributed by atoms with E-state index in [-0.39, 0.29) is 17.9 Å². The molecule has 3 heterocycles. The number of methoxy groups -OCH3 is 1. The normalized spacial score (nSPS) is 19.8. The van der Waals surface area contributed by atoms with E-state index in [0.717, 1.165) is 54.8 Å². The van der Waals surface area contributed by atoms with Crippen LogP contribution in [0.25, 0.3) is 10.9 Å². The number of carboxylic acid groups (broad SMARTS) is 1. The van der Waals surface area contributed by atoms with Gasteiger partial charge in [-0.05, 0) is 80.0 Å². The van der Waals surface area contributed by atoms with Crippen molar-refractivity contribution in [2.45, 2.75) is 29.5 Å². The van der Waals surface area contributed by atoms with Gasteiger partial charge in [0.2, 0.25) is 0 Å². The third kappa shape index (κ3) is 6.10. The van der Waals surface area contributed by atoms with Gasteiger partial charge in [-0.25, -0.2) is 0 Å². The SMILES string of the molecule is CN[C@@H](CC[C@@H]1CCN(CCSc2cccs2)C[C@@H]1C(=O)O)c1ccnc2ccc(OC)cc12. The van der Waals surface area contributed by atoms with E-state index in [4.69, 9.17) is 4.74 Å². The van der Waals surface area contributed by atoms with Crippen molar-refractivity contribution in [2.24, 2.45) is 11.8 Å². The number of benzene rings is 1. The van der Waals surface area contributed by atoms with Gasteiger partial charge in [0.1, 0.15) is 5.75 Å². The Morgan fingerprint density at radius 1 is 1.38 bits per heavy atom. The number of pyridine rings is 1. The Kier molecular flexibility index (Phi) is 8.83. The summed E-state index contributed by atoms with van der Waals surface area (Å²) in [5.41, 5.74) is 2.12. The van der Waals surface area contributed by atoms with E-state index in [1.165, 1.54) is 9.77 Å². The summed E-state index contributed by atoms with van der Waals surface area (Å²) >= 11 is 3.62. The van der Waals surface area contributed by atoms with Crippen molar-refractivity contribution in [2.75, 3.05) is 39.5 Å². The third-order valence-corrected chi connectivity index (χ3v) is 8.95. The molecule has 0 aliphatic carbocycles. The van der Waals surface area contributed by atoms with E-state index < -0.39 is 5.97 Å². The number of nitrogens with one attached hydrogen (secondary N) is 1. The fraction of sp³-hybridized carbons (Fsp3) is 0.462. The van der Waals surface area contributed by atoms with Crippen molar-refractivity contribution in [1.82, 2.24) is 15.2 Å². The molecule has 34 heavy (non-hydrogen) atoms. The summed E-state index contributed by atoms with van der Waals surface area (Å²) in [4.78, 5) is 19.0. The number of aliphatic carboxylic acids is 1. The average Bonchev–Trinajstić information content (AvgIpc) is 3.38. The lowest BCUT2D eigenvalue weighted by Gasteiger charge is -2.37. The van der Waals surface area contributed by atoms with Crippen molar-refractivity contribution in [3.05, 3.63) is 53.5 Å². The molecule has 8 heteroatoms. The van der Waals surface area contributed by atoms with Gasteiger partial charge >= 0.3 is 5.97 Å². The molecule has 0 spiro atoms. The summed E-state index contributed by atoms with van der Waals surface area (Å²) in [6.45, 7) is 2.55. The van der Waals surface area contributed by atoms with E-state index in [1.807, 2.05) is 43.2 Å². The van der Waals surface area contributed by atoms with Crippen molar-refractivity contribution in [3.8, 4) is 5.75 Å². The lowest BCUT2D eigenvalue weighted by atomic mass is 9.81. The van der Waals surface area contributed by atoms with Crippen LogP contribution in [0.2, 0.25) is 0 Å². The number of fused-ring (bicyclic) bond motifs is 1. The van der Waals surface area contributed by atoms with Crippen molar-refractivity contribution in [1.29, 1.82) is 0 Å². The first-order chi connectivity index (χ1) is 16.6. The first kappa shape index (κ1) is 25.0. The molecule has 2 aromatic heterocycles. The van der Waals surface area contributed by atoms with Crippen molar-refractivity contribution in [3.63, 3.8) is 0 Å². The van der Waals surface area contributed by atoms with E-state index in [2.05, 4.69) is 38.8 Å². The Morgan fingerprint density at radius 2 is 2.26 bits per heavy atom. The smallest absolute Gasteiger partial charge is 0.308 e. The van der Waals surface area contributed by atoms with Crippen LogP contribution in [0.5, 0.6) is 5.75 Å². The van der Waals surface area contributed by atoms with E-state index >= 15 is 0 Å². The van der Waals surface area contributed by atoms with Gasteiger partial charge in [0.15, 0.2) is 0 Å². The number of thiophene rings is 1. The minimum Gasteiger partial charge on any atom is -0.497 e. The number of piperidine rings is 1. The number of rotatable bonds is 11. The molecule has 3 aromatic rings. The van der Waals surface area contributed by atoms with Gasteiger partial charge in [-0.1, -0.05) is 6.07 Å². The van der Waals surface area contributed by atoms with Crippen LogP contribution >= 0.6 is 23.1 Å².